The minimum Gasteiger partial charge on any atom is -0.481 e. The molecule has 8 nitrogen and oxygen atoms in total. The van der Waals surface area contributed by atoms with Crippen molar-refractivity contribution < 1.29 is 9.13 Å². The summed E-state index contributed by atoms with van der Waals surface area (Å²) < 4.78 is 22.1. The van der Waals surface area contributed by atoms with Gasteiger partial charge in [0.1, 0.15) is 23.2 Å². The van der Waals surface area contributed by atoms with Crippen LogP contribution in [-0.2, 0) is 6.42 Å². The fourth-order valence-corrected chi connectivity index (χ4v) is 4.52. The van der Waals surface area contributed by atoms with Crippen LogP contribution in [0.4, 0.5) is 15.9 Å². The van der Waals surface area contributed by atoms with E-state index < -0.39 is 0 Å². The minimum absolute atomic E-state index is 0.340. The van der Waals surface area contributed by atoms with Crippen molar-refractivity contribution in [2.24, 2.45) is 0 Å². The maximum atomic E-state index is 15.2. The molecule has 9 heteroatoms. The second kappa shape index (κ2) is 8.33. The first-order valence-electron chi connectivity index (χ1n) is 11.2. The van der Waals surface area contributed by atoms with Gasteiger partial charge in [0.25, 0.3) is 5.78 Å². The SMILES string of the molecule is COc1ccc(C#Cc2nccc3c2CCCN3c2nc3nnc(C)n3c3cccc(F)c23)cn1. The van der Waals surface area contributed by atoms with E-state index in [4.69, 9.17) is 9.72 Å². The van der Waals surface area contributed by atoms with Crippen LogP contribution in [0, 0.1) is 24.6 Å². The van der Waals surface area contributed by atoms with Crippen molar-refractivity contribution in [3.05, 3.63) is 77.3 Å². The third kappa shape index (κ3) is 3.51. The van der Waals surface area contributed by atoms with Gasteiger partial charge in [-0.15, -0.1) is 10.2 Å². The second-order valence-electron chi connectivity index (χ2n) is 8.20. The highest BCUT2D eigenvalue weighted by Crippen LogP contribution is 2.38. The first-order valence-corrected chi connectivity index (χ1v) is 11.2. The number of fused-ring (bicyclic) bond motifs is 4. The van der Waals surface area contributed by atoms with Gasteiger partial charge in [-0.25, -0.2) is 14.4 Å². The summed E-state index contributed by atoms with van der Waals surface area (Å²) in [6.45, 7) is 2.52. The van der Waals surface area contributed by atoms with Gasteiger partial charge in [-0.05, 0) is 50.0 Å². The molecule has 0 aliphatic carbocycles. The zero-order chi connectivity index (χ0) is 23.9. The van der Waals surface area contributed by atoms with E-state index in [2.05, 4.69) is 32.0 Å². The number of benzene rings is 1. The van der Waals surface area contributed by atoms with Crippen LogP contribution in [0.1, 0.15) is 29.1 Å². The predicted octanol–water partition coefficient (Wildman–Crippen LogP) is 4.01. The quantitative estimate of drug-likeness (QED) is 0.365. The molecule has 1 aliphatic rings. The summed E-state index contributed by atoms with van der Waals surface area (Å²) in [6.07, 6.45) is 5.07. The Bertz CT molecular complexity index is 1650. The van der Waals surface area contributed by atoms with Crippen LogP contribution in [-0.4, -0.2) is 43.2 Å². The molecule has 5 aromatic rings. The summed E-state index contributed by atoms with van der Waals surface area (Å²) in [5.41, 5.74) is 4.06. The Hall–Kier alpha value is -4.58. The van der Waals surface area contributed by atoms with Crippen molar-refractivity contribution in [3.8, 4) is 17.7 Å². The number of hydrogen-bond donors (Lipinski definition) is 0. The first kappa shape index (κ1) is 21.0. The number of ether oxygens (including phenoxy) is 1. The van der Waals surface area contributed by atoms with Crippen LogP contribution in [0.3, 0.4) is 0 Å². The van der Waals surface area contributed by atoms with E-state index >= 15 is 4.39 Å². The van der Waals surface area contributed by atoms with Crippen LogP contribution in [0.25, 0.3) is 16.7 Å². The van der Waals surface area contributed by atoms with E-state index in [9.17, 15) is 0 Å². The maximum absolute atomic E-state index is 15.2. The molecule has 0 spiro atoms. The highest BCUT2D eigenvalue weighted by Gasteiger charge is 2.26. The molecule has 0 bridgehead atoms. The molecular formula is C26H20FN7O. The van der Waals surface area contributed by atoms with Crippen LogP contribution in [0.5, 0.6) is 5.88 Å². The average molecular weight is 465 g/mol. The fraction of sp³-hybridized carbons (Fsp3) is 0.192. The number of anilines is 2. The van der Waals surface area contributed by atoms with Crippen LogP contribution in [0.2, 0.25) is 0 Å². The van der Waals surface area contributed by atoms with Crippen molar-refractivity contribution in [1.29, 1.82) is 0 Å². The van der Waals surface area contributed by atoms with E-state index in [1.165, 1.54) is 6.07 Å². The Labute approximate surface area is 200 Å². The smallest absolute Gasteiger partial charge is 0.257 e. The number of methoxy groups -OCH3 is 1. The zero-order valence-electron chi connectivity index (χ0n) is 19.2. The van der Waals surface area contributed by atoms with Crippen molar-refractivity contribution in [3.63, 3.8) is 0 Å². The Morgan fingerprint density at radius 3 is 2.80 bits per heavy atom. The highest BCUT2D eigenvalue weighted by molar-refractivity contribution is 5.94. The lowest BCUT2D eigenvalue weighted by Crippen LogP contribution is -2.27. The molecule has 1 aromatic carbocycles. The van der Waals surface area contributed by atoms with E-state index in [0.29, 0.717) is 46.4 Å². The zero-order valence-corrected chi connectivity index (χ0v) is 19.2. The number of pyridine rings is 2. The van der Waals surface area contributed by atoms with Crippen LogP contribution < -0.4 is 9.64 Å². The summed E-state index contributed by atoms with van der Waals surface area (Å²) >= 11 is 0. The van der Waals surface area contributed by atoms with Crippen molar-refractivity contribution >= 4 is 28.2 Å². The Balaban J connectivity index is 1.49. The number of rotatable bonds is 2. The Kier molecular flexibility index (Phi) is 4.99. The van der Waals surface area contributed by atoms with Gasteiger partial charge in [0.15, 0.2) is 0 Å². The fourth-order valence-electron chi connectivity index (χ4n) is 4.52. The third-order valence-electron chi connectivity index (χ3n) is 6.13. The molecule has 0 atom stereocenters. The van der Waals surface area contributed by atoms with Crippen molar-refractivity contribution in [1.82, 2.24) is 29.5 Å². The first-order chi connectivity index (χ1) is 17.1. The lowest BCUT2D eigenvalue weighted by Gasteiger charge is -2.31. The summed E-state index contributed by atoms with van der Waals surface area (Å²) in [6, 6.07) is 10.6. The van der Waals surface area contributed by atoms with Crippen molar-refractivity contribution in [2.45, 2.75) is 19.8 Å². The van der Waals surface area contributed by atoms with E-state index in [1.54, 1.807) is 36.0 Å². The molecule has 0 N–H and O–H groups in total. The molecular weight excluding hydrogens is 445 g/mol. The number of aryl methyl sites for hydroxylation is 1. The average Bonchev–Trinajstić information content (AvgIpc) is 3.27. The molecule has 1 aliphatic heterocycles. The summed E-state index contributed by atoms with van der Waals surface area (Å²) in [4.78, 5) is 15.5. The lowest BCUT2D eigenvalue weighted by atomic mass is 9.99. The molecule has 5 heterocycles. The number of hydrogen-bond acceptors (Lipinski definition) is 7. The molecule has 172 valence electrons. The molecule has 0 fully saturated rings. The molecule has 0 unspecified atom stereocenters. The molecule has 6 rings (SSSR count). The normalized spacial score (nSPS) is 12.9. The van der Waals surface area contributed by atoms with Crippen molar-refractivity contribution in [2.75, 3.05) is 18.6 Å². The second-order valence-corrected chi connectivity index (χ2v) is 8.20. The number of halogens is 1. The molecule has 0 amide bonds. The van der Waals surface area contributed by atoms with E-state index in [1.807, 2.05) is 30.0 Å². The number of nitrogens with zero attached hydrogens (tertiary/aromatic N) is 7. The lowest BCUT2D eigenvalue weighted by molar-refractivity contribution is 0.398. The van der Waals surface area contributed by atoms with E-state index in [0.717, 1.165) is 29.7 Å². The number of aromatic nitrogens is 6. The van der Waals surface area contributed by atoms with Crippen LogP contribution in [0.15, 0.2) is 48.8 Å². The molecule has 0 saturated carbocycles. The summed E-state index contributed by atoms with van der Waals surface area (Å²) in [5, 5.41) is 8.79. The monoisotopic (exact) mass is 465 g/mol. The van der Waals surface area contributed by atoms with Crippen LogP contribution >= 0.6 is 0 Å². The Morgan fingerprint density at radius 1 is 1.06 bits per heavy atom. The Morgan fingerprint density at radius 2 is 1.97 bits per heavy atom. The highest BCUT2D eigenvalue weighted by atomic mass is 19.1. The summed E-state index contributed by atoms with van der Waals surface area (Å²) in [7, 11) is 1.57. The minimum atomic E-state index is -0.340. The third-order valence-corrected chi connectivity index (χ3v) is 6.13. The van der Waals surface area contributed by atoms with Gasteiger partial charge < -0.3 is 9.64 Å². The summed E-state index contributed by atoms with van der Waals surface area (Å²) in [5.74, 6) is 8.13. The molecule has 35 heavy (non-hydrogen) atoms. The van der Waals surface area contributed by atoms with Gasteiger partial charge in [0.05, 0.1) is 18.0 Å². The van der Waals surface area contributed by atoms with Gasteiger partial charge in [0, 0.05) is 41.8 Å². The van der Waals surface area contributed by atoms with Gasteiger partial charge in [-0.1, -0.05) is 12.0 Å². The molecule has 0 saturated heterocycles. The largest absolute Gasteiger partial charge is 0.481 e. The van der Waals surface area contributed by atoms with Gasteiger partial charge in [-0.3, -0.25) is 4.40 Å². The topological polar surface area (TPSA) is 81.3 Å². The van der Waals surface area contributed by atoms with Gasteiger partial charge in [-0.2, -0.15) is 4.98 Å². The van der Waals surface area contributed by atoms with Gasteiger partial charge >= 0.3 is 0 Å². The predicted molar refractivity (Wildman–Crippen MR) is 129 cm³/mol. The maximum Gasteiger partial charge on any atom is 0.257 e. The van der Waals surface area contributed by atoms with E-state index in [-0.39, 0.29) is 5.82 Å². The van der Waals surface area contributed by atoms with Gasteiger partial charge in [0.2, 0.25) is 5.88 Å². The standard InChI is InChI=1S/C26H20FN7O/c1-16-31-32-26-30-25(24-19(27)6-3-7-22(24)34(16)26)33-14-4-5-18-20(28-13-12-21(18)33)10-8-17-9-11-23(35-2)29-15-17/h3,6-7,9,11-13,15H,4-5,14H2,1-2H3. The molecule has 0 radical (unpaired) electrons. The molecule has 4 aromatic heterocycles.